The van der Waals surface area contributed by atoms with E-state index in [1.165, 1.54) is 30.0 Å². The third kappa shape index (κ3) is 3.76. The SMILES string of the molecule is CCc1ccc(/C=N/NC(=O)c2ccccc2[N+](=O)[O-])cc1. The van der Waals surface area contributed by atoms with Crippen molar-refractivity contribution in [3.63, 3.8) is 0 Å². The molecule has 1 amide bonds. The molecule has 2 aromatic rings. The highest BCUT2D eigenvalue weighted by atomic mass is 16.6. The van der Waals surface area contributed by atoms with Crippen LogP contribution in [0.3, 0.4) is 0 Å². The molecule has 0 radical (unpaired) electrons. The van der Waals surface area contributed by atoms with Gasteiger partial charge in [-0.2, -0.15) is 5.10 Å². The van der Waals surface area contributed by atoms with Crippen molar-refractivity contribution >= 4 is 17.8 Å². The first-order valence-corrected chi connectivity index (χ1v) is 6.77. The van der Waals surface area contributed by atoms with E-state index in [4.69, 9.17) is 0 Å². The van der Waals surface area contributed by atoms with Gasteiger partial charge in [0.15, 0.2) is 0 Å². The van der Waals surface area contributed by atoms with Crippen LogP contribution in [0.1, 0.15) is 28.4 Å². The number of amides is 1. The summed E-state index contributed by atoms with van der Waals surface area (Å²) in [6, 6.07) is 13.5. The van der Waals surface area contributed by atoms with Gasteiger partial charge in [0.25, 0.3) is 11.6 Å². The number of nitrogens with one attached hydrogen (secondary N) is 1. The Kier molecular flexibility index (Phi) is 4.98. The second-order valence-corrected chi connectivity index (χ2v) is 4.57. The van der Waals surface area contributed by atoms with Crippen molar-refractivity contribution in [3.8, 4) is 0 Å². The molecule has 0 unspecified atom stereocenters. The van der Waals surface area contributed by atoms with Crippen molar-refractivity contribution in [1.29, 1.82) is 0 Å². The fraction of sp³-hybridized carbons (Fsp3) is 0.125. The zero-order chi connectivity index (χ0) is 15.9. The first kappa shape index (κ1) is 15.4. The lowest BCUT2D eigenvalue weighted by atomic mass is 10.1. The lowest BCUT2D eigenvalue weighted by molar-refractivity contribution is -0.385. The Morgan fingerprint density at radius 1 is 1.23 bits per heavy atom. The summed E-state index contributed by atoms with van der Waals surface area (Å²) < 4.78 is 0. The van der Waals surface area contributed by atoms with Crippen LogP contribution in [0.4, 0.5) is 5.69 Å². The lowest BCUT2D eigenvalue weighted by Crippen LogP contribution is -2.18. The van der Waals surface area contributed by atoms with Crippen LogP contribution in [0.15, 0.2) is 53.6 Å². The molecule has 0 saturated heterocycles. The standard InChI is InChI=1S/C16H15N3O3/c1-2-12-7-9-13(10-8-12)11-17-18-16(20)14-5-3-4-6-15(14)19(21)22/h3-11H,2H2,1H3,(H,18,20)/b17-11+. The summed E-state index contributed by atoms with van der Waals surface area (Å²) in [7, 11) is 0. The van der Waals surface area contributed by atoms with Gasteiger partial charge in [0.05, 0.1) is 11.1 Å². The molecule has 0 aliphatic carbocycles. The minimum Gasteiger partial charge on any atom is -0.267 e. The van der Waals surface area contributed by atoms with Gasteiger partial charge in [-0.05, 0) is 23.6 Å². The van der Waals surface area contributed by atoms with Gasteiger partial charge in [-0.3, -0.25) is 14.9 Å². The Labute approximate surface area is 127 Å². The number of hydrogen-bond acceptors (Lipinski definition) is 4. The molecule has 6 heteroatoms. The number of nitrogens with zero attached hydrogens (tertiary/aromatic N) is 2. The van der Waals surface area contributed by atoms with E-state index in [0.29, 0.717) is 0 Å². The van der Waals surface area contributed by atoms with Gasteiger partial charge in [0.1, 0.15) is 5.56 Å². The molecular formula is C16H15N3O3. The van der Waals surface area contributed by atoms with Crippen LogP contribution in [0.2, 0.25) is 0 Å². The van der Waals surface area contributed by atoms with Crippen molar-refractivity contribution in [1.82, 2.24) is 5.43 Å². The molecule has 0 heterocycles. The molecule has 22 heavy (non-hydrogen) atoms. The smallest absolute Gasteiger partial charge is 0.267 e. The van der Waals surface area contributed by atoms with E-state index in [0.717, 1.165) is 12.0 Å². The first-order valence-electron chi connectivity index (χ1n) is 6.77. The van der Waals surface area contributed by atoms with Crippen LogP contribution in [-0.2, 0) is 6.42 Å². The van der Waals surface area contributed by atoms with Crippen LogP contribution in [0, 0.1) is 10.1 Å². The van der Waals surface area contributed by atoms with Gasteiger partial charge in [-0.1, -0.05) is 43.3 Å². The Bertz CT molecular complexity index is 709. The zero-order valence-electron chi connectivity index (χ0n) is 12.0. The number of rotatable bonds is 5. The van der Waals surface area contributed by atoms with E-state index in [1.807, 2.05) is 24.3 Å². The quantitative estimate of drug-likeness (QED) is 0.523. The molecule has 0 fully saturated rings. The molecule has 0 aliphatic heterocycles. The molecule has 0 atom stereocenters. The molecule has 6 nitrogen and oxygen atoms in total. The van der Waals surface area contributed by atoms with Gasteiger partial charge in [-0.15, -0.1) is 0 Å². The molecule has 0 aliphatic rings. The number of nitro benzene ring substituents is 1. The number of benzene rings is 2. The van der Waals surface area contributed by atoms with Crippen LogP contribution in [0.5, 0.6) is 0 Å². The minimum atomic E-state index is -0.617. The number of carbonyl (C=O) groups is 1. The molecule has 0 saturated carbocycles. The molecule has 2 rings (SSSR count). The summed E-state index contributed by atoms with van der Waals surface area (Å²) >= 11 is 0. The third-order valence-corrected chi connectivity index (χ3v) is 3.11. The van der Waals surface area contributed by atoms with Crippen LogP contribution in [-0.4, -0.2) is 17.0 Å². The second-order valence-electron chi connectivity index (χ2n) is 4.57. The average molecular weight is 297 g/mol. The summed E-state index contributed by atoms with van der Waals surface area (Å²) in [6.45, 7) is 2.07. The molecule has 112 valence electrons. The Morgan fingerprint density at radius 2 is 1.91 bits per heavy atom. The fourth-order valence-electron chi connectivity index (χ4n) is 1.89. The highest BCUT2D eigenvalue weighted by molar-refractivity contribution is 5.98. The predicted molar refractivity (Wildman–Crippen MR) is 84.0 cm³/mol. The number of nitro groups is 1. The second kappa shape index (κ2) is 7.12. The van der Waals surface area contributed by atoms with E-state index in [2.05, 4.69) is 17.5 Å². The zero-order valence-corrected chi connectivity index (χ0v) is 12.0. The van der Waals surface area contributed by atoms with Crippen LogP contribution < -0.4 is 5.43 Å². The summed E-state index contributed by atoms with van der Waals surface area (Å²) in [4.78, 5) is 22.2. The maximum Gasteiger partial charge on any atom is 0.282 e. The number of aryl methyl sites for hydroxylation is 1. The molecule has 2 aromatic carbocycles. The molecule has 0 aromatic heterocycles. The summed E-state index contributed by atoms with van der Waals surface area (Å²) in [5.41, 5.74) is 4.07. The van der Waals surface area contributed by atoms with Gasteiger partial charge >= 0.3 is 0 Å². The van der Waals surface area contributed by atoms with Crippen LogP contribution >= 0.6 is 0 Å². The monoisotopic (exact) mass is 297 g/mol. The highest BCUT2D eigenvalue weighted by Crippen LogP contribution is 2.17. The van der Waals surface area contributed by atoms with Crippen molar-refractivity contribution in [2.75, 3.05) is 0 Å². The third-order valence-electron chi connectivity index (χ3n) is 3.11. The predicted octanol–water partition coefficient (Wildman–Crippen LogP) is 2.92. The summed E-state index contributed by atoms with van der Waals surface area (Å²) in [5, 5.41) is 14.7. The number of carbonyl (C=O) groups excluding carboxylic acids is 1. The van der Waals surface area contributed by atoms with Crippen molar-refractivity contribution in [3.05, 3.63) is 75.3 Å². The van der Waals surface area contributed by atoms with Gasteiger partial charge in [-0.25, -0.2) is 5.43 Å². The maximum atomic E-state index is 11.9. The van der Waals surface area contributed by atoms with Crippen LogP contribution in [0.25, 0.3) is 0 Å². The molecule has 0 bridgehead atoms. The number of hydrogen-bond donors (Lipinski definition) is 1. The largest absolute Gasteiger partial charge is 0.282 e. The van der Waals surface area contributed by atoms with Crippen molar-refractivity contribution in [2.24, 2.45) is 5.10 Å². The molecule has 0 spiro atoms. The first-order chi connectivity index (χ1) is 10.6. The average Bonchev–Trinajstić information content (AvgIpc) is 2.55. The topological polar surface area (TPSA) is 84.6 Å². The fourth-order valence-corrected chi connectivity index (χ4v) is 1.89. The minimum absolute atomic E-state index is 0.0222. The number of hydrazone groups is 1. The van der Waals surface area contributed by atoms with E-state index < -0.39 is 10.8 Å². The maximum absolute atomic E-state index is 11.9. The van der Waals surface area contributed by atoms with E-state index in [1.54, 1.807) is 6.07 Å². The Balaban J connectivity index is 2.06. The Morgan fingerprint density at radius 3 is 2.55 bits per heavy atom. The highest BCUT2D eigenvalue weighted by Gasteiger charge is 2.18. The normalized spacial score (nSPS) is 10.6. The Hall–Kier alpha value is -3.02. The van der Waals surface area contributed by atoms with Gasteiger partial charge < -0.3 is 0 Å². The van der Waals surface area contributed by atoms with Crippen molar-refractivity contribution in [2.45, 2.75) is 13.3 Å². The van der Waals surface area contributed by atoms with E-state index >= 15 is 0 Å². The molecular weight excluding hydrogens is 282 g/mol. The summed E-state index contributed by atoms with van der Waals surface area (Å²) in [5.74, 6) is -0.617. The van der Waals surface area contributed by atoms with Crippen molar-refractivity contribution < 1.29 is 9.72 Å². The lowest BCUT2D eigenvalue weighted by Gasteiger charge is -2.01. The van der Waals surface area contributed by atoms with E-state index in [-0.39, 0.29) is 11.3 Å². The molecule has 1 N–H and O–H groups in total. The summed E-state index contributed by atoms with van der Waals surface area (Å²) in [6.07, 6.45) is 2.44. The van der Waals surface area contributed by atoms with Gasteiger partial charge in [0.2, 0.25) is 0 Å². The van der Waals surface area contributed by atoms with E-state index in [9.17, 15) is 14.9 Å². The number of para-hydroxylation sites is 1. The van der Waals surface area contributed by atoms with Gasteiger partial charge in [0, 0.05) is 6.07 Å².